The van der Waals surface area contributed by atoms with Crippen LogP contribution in [0.25, 0.3) is 0 Å². The first kappa shape index (κ1) is 14.0. The second kappa shape index (κ2) is 6.63. The molecule has 1 saturated heterocycles. The molecule has 5 heteroatoms. The van der Waals surface area contributed by atoms with Crippen molar-refractivity contribution in [1.29, 1.82) is 0 Å². The zero-order chi connectivity index (χ0) is 13.7. The minimum atomic E-state index is -0.821. The number of halogens is 1. The van der Waals surface area contributed by atoms with Crippen molar-refractivity contribution in [2.45, 2.75) is 18.9 Å². The molecule has 1 unspecified atom stereocenters. The van der Waals surface area contributed by atoms with Crippen LogP contribution in [0.15, 0.2) is 24.3 Å². The normalized spacial score (nSPS) is 18.2. The van der Waals surface area contributed by atoms with Gasteiger partial charge in [0.15, 0.2) is 0 Å². The average molecular weight is 266 g/mol. The van der Waals surface area contributed by atoms with Crippen LogP contribution in [0.3, 0.4) is 0 Å². The van der Waals surface area contributed by atoms with Gasteiger partial charge in [0.05, 0.1) is 0 Å². The third-order valence-corrected chi connectivity index (χ3v) is 3.52. The number of benzene rings is 1. The number of aryl methyl sites for hydroxylation is 1. The number of hydrogen-bond acceptors (Lipinski definition) is 3. The molecular formula is C14H19FN2O2. The molecule has 0 amide bonds. The van der Waals surface area contributed by atoms with E-state index in [0.717, 1.165) is 26.2 Å². The van der Waals surface area contributed by atoms with Crippen LogP contribution in [0.1, 0.15) is 12.0 Å². The van der Waals surface area contributed by atoms with Crippen molar-refractivity contribution in [1.82, 2.24) is 10.2 Å². The largest absolute Gasteiger partial charge is 0.480 e. The highest BCUT2D eigenvalue weighted by Crippen LogP contribution is 2.14. The number of piperazine rings is 1. The molecule has 0 saturated carbocycles. The van der Waals surface area contributed by atoms with Crippen LogP contribution in [-0.4, -0.2) is 48.2 Å². The first-order chi connectivity index (χ1) is 9.18. The van der Waals surface area contributed by atoms with Gasteiger partial charge in [0.1, 0.15) is 11.9 Å². The maximum atomic E-state index is 13.5. The Labute approximate surface area is 112 Å². The summed E-state index contributed by atoms with van der Waals surface area (Å²) in [5.74, 6) is -1.08. The number of carbonyl (C=O) groups is 1. The number of hydrogen-bond donors (Lipinski definition) is 2. The zero-order valence-corrected chi connectivity index (χ0v) is 10.8. The molecule has 19 heavy (non-hydrogen) atoms. The molecule has 104 valence electrons. The highest BCUT2D eigenvalue weighted by atomic mass is 19.1. The van der Waals surface area contributed by atoms with Gasteiger partial charge in [0.2, 0.25) is 0 Å². The third kappa shape index (κ3) is 3.75. The number of carboxylic acids is 1. The molecule has 1 atom stereocenters. The van der Waals surface area contributed by atoms with Gasteiger partial charge in [-0.3, -0.25) is 9.69 Å². The summed E-state index contributed by atoms with van der Waals surface area (Å²) in [6, 6.07) is 6.02. The van der Waals surface area contributed by atoms with E-state index >= 15 is 0 Å². The van der Waals surface area contributed by atoms with E-state index in [4.69, 9.17) is 0 Å². The van der Waals surface area contributed by atoms with E-state index in [-0.39, 0.29) is 5.82 Å². The van der Waals surface area contributed by atoms with Crippen molar-refractivity contribution in [2.75, 3.05) is 26.2 Å². The molecule has 0 radical (unpaired) electrons. The molecule has 2 N–H and O–H groups in total. The molecule has 0 aliphatic carbocycles. The summed E-state index contributed by atoms with van der Waals surface area (Å²) < 4.78 is 13.5. The molecule has 2 rings (SSSR count). The summed E-state index contributed by atoms with van der Waals surface area (Å²) in [5, 5.41) is 12.5. The topological polar surface area (TPSA) is 52.6 Å². The Morgan fingerprint density at radius 2 is 2.05 bits per heavy atom. The standard InChI is InChI=1S/C14H19FN2O2/c15-12-4-2-1-3-11(12)5-6-13(14(18)19)17-9-7-16-8-10-17/h1-4,13,16H,5-10H2,(H,18,19). The minimum Gasteiger partial charge on any atom is -0.480 e. The Bertz CT molecular complexity index is 433. The summed E-state index contributed by atoms with van der Waals surface area (Å²) in [4.78, 5) is 13.3. The molecule has 4 nitrogen and oxygen atoms in total. The number of aliphatic carboxylic acids is 1. The molecular weight excluding hydrogens is 247 g/mol. The maximum Gasteiger partial charge on any atom is 0.320 e. The first-order valence-electron chi connectivity index (χ1n) is 6.59. The van der Waals surface area contributed by atoms with Crippen LogP contribution in [0.5, 0.6) is 0 Å². The smallest absolute Gasteiger partial charge is 0.320 e. The van der Waals surface area contributed by atoms with Crippen molar-refractivity contribution in [3.63, 3.8) is 0 Å². The van der Waals surface area contributed by atoms with E-state index in [0.29, 0.717) is 18.4 Å². The fourth-order valence-corrected chi connectivity index (χ4v) is 2.45. The predicted octanol–water partition coefficient (Wildman–Crippen LogP) is 1.12. The predicted molar refractivity (Wildman–Crippen MR) is 70.6 cm³/mol. The first-order valence-corrected chi connectivity index (χ1v) is 6.59. The van der Waals surface area contributed by atoms with Crippen LogP contribution < -0.4 is 5.32 Å². The highest BCUT2D eigenvalue weighted by Gasteiger charge is 2.26. The fraction of sp³-hybridized carbons (Fsp3) is 0.500. The van der Waals surface area contributed by atoms with Crippen LogP contribution in [-0.2, 0) is 11.2 Å². The number of nitrogens with one attached hydrogen (secondary N) is 1. The van der Waals surface area contributed by atoms with Crippen LogP contribution >= 0.6 is 0 Å². The molecule has 1 fully saturated rings. The lowest BCUT2D eigenvalue weighted by Crippen LogP contribution is -2.51. The molecule has 0 bridgehead atoms. The number of rotatable bonds is 5. The van der Waals surface area contributed by atoms with Gasteiger partial charge in [-0.15, -0.1) is 0 Å². The van der Waals surface area contributed by atoms with E-state index in [1.165, 1.54) is 6.07 Å². The molecule has 1 aromatic carbocycles. The fourth-order valence-electron chi connectivity index (χ4n) is 2.45. The van der Waals surface area contributed by atoms with E-state index in [1.807, 2.05) is 4.90 Å². The van der Waals surface area contributed by atoms with Crippen molar-refractivity contribution in [3.8, 4) is 0 Å². The van der Waals surface area contributed by atoms with Crippen molar-refractivity contribution < 1.29 is 14.3 Å². The summed E-state index contributed by atoms with van der Waals surface area (Å²) in [5.41, 5.74) is 0.587. The Balaban J connectivity index is 1.97. The van der Waals surface area contributed by atoms with Crippen LogP contribution in [0.2, 0.25) is 0 Å². The highest BCUT2D eigenvalue weighted by molar-refractivity contribution is 5.73. The summed E-state index contributed by atoms with van der Waals surface area (Å²) in [6.07, 6.45) is 0.893. The Morgan fingerprint density at radius 1 is 1.37 bits per heavy atom. The van der Waals surface area contributed by atoms with Gasteiger partial charge in [-0.1, -0.05) is 18.2 Å². The molecule has 1 aliphatic rings. The minimum absolute atomic E-state index is 0.257. The molecule has 1 aliphatic heterocycles. The Kier molecular flexibility index (Phi) is 4.87. The summed E-state index contributed by atoms with van der Waals surface area (Å²) in [6.45, 7) is 3.08. The van der Waals surface area contributed by atoms with Crippen LogP contribution in [0, 0.1) is 5.82 Å². The quantitative estimate of drug-likeness (QED) is 0.838. The lowest BCUT2D eigenvalue weighted by atomic mass is 10.0. The summed E-state index contributed by atoms with van der Waals surface area (Å²) >= 11 is 0. The average Bonchev–Trinajstić information content (AvgIpc) is 2.42. The molecule has 1 aromatic rings. The van der Waals surface area contributed by atoms with Crippen LogP contribution in [0.4, 0.5) is 4.39 Å². The second-order valence-corrected chi connectivity index (χ2v) is 4.77. The van der Waals surface area contributed by atoms with Gasteiger partial charge in [0, 0.05) is 26.2 Å². The Morgan fingerprint density at radius 3 is 2.68 bits per heavy atom. The van der Waals surface area contributed by atoms with Gasteiger partial charge in [-0.25, -0.2) is 4.39 Å². The molecule has 0 aromatic heterocycles. The monoisotopic (exact) mass is 266 g/mol. The summed E-state index contributed by atoms with van der Waals surface area (Å²) in [7, 11) is 0. The van der Waals surface area contributed by atoms with Gasteiger partial charge in [-0.05, 0) is 24.5 Å². The SMILES string of the molecule is O=C(O)C(CCc1ccccc1F)N1CCNCC1. The number of nitrogens with zero attached hydrogens (tertiary/aromatic N) is 1. The van der Waals surface area contributed by atoms with E-state index in [9.17, 15) is 14.3 Å². The lowest BCUT2D eigenvalue weighted by molar-refractivity contribution is -0.143. The Hall–Kier alpha value is -1.46. The van der Waals surface area contributed by atoms with Crippen molar-refractivity contribution in [2.24, 2.45) is 0 Å². The van der Waals surface area contributed by atoms with Crippen molar-refractivity contribution >= 4 is 5.97 Å². The zero-order valence-electron chi connectivity index (χ0n) is 10.8. The second-order valence-electron chi connectivity index (χ2n) is 4.77. The van der Waals surface area contributed by atoms with Gasteiger partial charge in [0.25, 0.3) is 0 Å². The van der Waals surface area contributed by atoms with E-state index < -0.39 is 12.0 Å². The third-order valence-electron chi connectivity index (χ3n) is 3.52. The van der Waals surface area contributed by atoms with Crippen molar-refractivity contribution in [3.05, 3.63) is 35.6 Å². The van der Waals surface area contributed by atoms with E-state index in [2.05, 4.69) is 5.32 Å². The van der Waals surface area contributed by atoms with E-state index in [1.54, 1.807) is 18.2 Å². The lowest BCUT2D eigenvalue weighted by Gasteiger charge is -2.32. The molecule has 1 heterocycles. The number of carboxylic acid groups (broad SMARTS) is 1. The van der Waals surface area contributed by atoms with Gasteiger partial charge in [-0.2, -0.15) is 0 Å². The molecule has 0 spiro atoms. The maximum absolute atomic E-state index is 13.5. The van der Waals surface area contributed by atoms with Gasteiger partial charge >= 0.3 is 5.97 Å². The van der Waals surface area contributed by atoms with Gasteiger partial charge < -0.3 is 10.4 Å².